The zero-order valence-electron chi connectivity index (χ0n) is 16.9. The molecule has 2 heterocycles. The Balaban J connectivity index is 1.56. The Morgan fingerprint density at radius 1 is 1.09 bits per heavy atom. The summed E-state index contributed by atoms with van der Waals surface area (Å²) in [5.74, 6) is 0.984. The van der Waals surface area contributed by atoms with Gasteiger partial charge >= 0.3 is 0 Å². The zero-order valence-corrected chi connectivity index (χ0v) is 19.3. The Hall–Kier alpha value is -2.82. The zero-order chi connectivity index (χ0) is 22.3. The maximum Gasteiger partial charge on any atom is 0.119 e. The van der Waals surface area contributed by atoms with E-state index in [1.807, 2.05) is 53.9 Å². The lowest BCUT2D eigenvalue weighted by Crippen LogP contribution is -2.20. The molecule has 32 heavy (non-hydrogen) atoms. The average Bonchev–Trinajstić information content (AvgIpc) is 3.37. The standard InChI is InChI=1S/C25H19ClN2O2S2/c26-18-8-10-20(11-9-18)30-15-19(29)16-32-25-22(14-27)21(17-5-2-1-3-6-17)13-23(28-25)24-7-4-12-31-24/h1-13,19,29H,15-16H2. The molecular formula is C25H19ClN2O2S2. The third-order valence-corrected chi connectivity index (χ3v) is 6.89. The van der Waals surface area contributed by atoms with Gasteiger partial charge in [0.2, 0.25) is 0 Å². The molecule has 0 radical (unpaired) electrons. The van der Waals surface area contributed by atoms with Gasteiger partial charge in [0.15, 0.2) is 0 Å². The van der Waals surface area contributed by atoms with Gasteiger partial charge < -0.3 is 9.84 Å². The third kappa shape index (κ3) is 5.50. The monoisotopic (exact) mass is 478 g/mol. The first-order chi connectivity index (χ1) is 15.6. The van der Waals surface area contributed by atoms with Crippen molar-refractivity contribution in [2.75, 3.05) is 12.4 Å². The highest BCUT2D eigenvalue weighted by molar-refractivity contribution is 7.99. The molecule has 0 amide bonds. The van der Waals surface area contributed by atoms with Gasteiger partial charge in [-0.1, -0.05) is 48.0 Å². The van der Waals surface area contributed by atoms with E-state index in [0.717, 1.165) is 21.7 Å². The fourth-order valence-corrected chi connectivity index (χ4v) is 4.80. The summed E-state index contributed by atoms with van der Waals surface area (Å²) < 4.78 is 5.64. The first kappa shape index (κ1) is 22.4. The van der Waals surface area contributed by atoms with Crippen molar-refractivity contribution in [3.05, 3.63) is 88.8 Å². The van der Waals surface area contributed by atoms with Gasteiger partial charge in [-0.15, -0.1) is 23.1 Å². The number of aliphatic hydroxyl groups excluding tert-OH is 1. The summed E-state index contributed by atoms with van der Waals surface area (Å²) in [6.07, 6.45) is -0.727. The number of nitriles is 1. The van der Waals surface area contributed by atoms with Crippen LogP contribution < -0.4 is 4.74 Å². The van der Waals surface area contributed by atoms with Crippen molar-refractivity contribution < 1.29 is 9.84 Å². The molecule has 7 heteroatoms. The lowest BCUT2D eigenvalue weighted by atomic mass is 10.0. The quantitative estimate of drug-likeness (QED) is 0.291. The number of halogens is 1. The maximum absolute atomic E-state index is 10.4. The van der Waals surface area contributed by atoms with Crippen LogP contribution in [0.25, 0.3) is 21.7 Å². The summed E-state index contributed by atoms with van der Waals surface area (Å²) in [5, 5.41) is 23.6. The molecule has 0 saturated carbocycles. The normalized spacial score (nSPS) is 11.7. The second kappa shape index (κ2) is 10.7. The Bertz CT molecular complexity index is 1210. The summed E-state index contributed by atoms with van der Waals surface area (Å²) in [7, 11) is 0. The summed E-state index contributed by atoms with van der Waals surface area (Å²) in [4.78, 5) is 5.78. The van der Waals surface area contributed by atoms with Crippen LogP contribution in [0.4, 0.5) is 0 Å². The van der Waals surface area contributed by atoms with E-state index in [-0.39, 0.29) is 6.61 Å². The molecule has 0 aliphatic carbocycles. The molecule has 0 aliphatic heterocycles. The van der Waals surface area contributed by atoms with Crippen LogP contribution in [0.15, 0.2) is 83.2 Å². The Morgan fingerprint density at radius 3 is 2.56 bits per heavy atom. The van der Waals surface area contributed by atoms with Crippen molar-refractivity contribution in [3.8, 4) is 33.5 Å². The minimum Gasteiger partial charge on any atom is -0.491 e. The second-order valence-electron chi connectivity index (χ2n) is 6.92. The average molecular weight is 479 g/mol. The topological polar surface area (TPSA) is 66.1 Å². The van der Waals surface area contributed by atoms with Crippen LogP contribution in [0.3, 0.4) is 0 Å². The van der Waals surface area contributed by atoms with Crippen molar-refractivity contribution >= 4 is 34.7 Å². The molecule has 160 valence electrons. The number of hydrogen-bond donors (Lipinski definition) is 1. The van der Waals surface area contributed by atoms with Gasteiger partial charge in [-0.25, -0.2) is 4.98 Å². The highest BCUT2D eigenvalue weighted by atomic mass is 35.5. The van der Waals surface area contributed by atoms with Gasteiger partial charge in [-0.05, 0) is 47.3 Å². The predicted octanol–water partition coefficient (Wildman–Crippen LogP) is 6.53. The minimum absolute atomic E-state index is 0.132. The Kier molecular flexibility index (Phi) is 7.46. The molecule has 0 spiro atoms. The Morgan fingerprint density at radius 2 is 1.88 bits per heavy atom. The molecule has 0 aliphatic rings. The summed E-state index contributed by atoms with van der Waals surface area (Å²) in [6.45, 7) is 0.132. The van der Waals surface area contributed by atoms with Crippen molar-refractivity contribution in [2.45, 2.75) is 11.1 Å². The van der Waals surface area contributed by atoms with E-state index < -0.39 is 6.10 Å². The highest BCUT2D eigenvalue weighted by Gasteiger charge is 2.17. The number of benzene rings is 2. The molecular weight excluding hydrogens is 460 g/mol. The molecule has 1 unspecified atom stereocenters. The summed E-state index contributed by atoms with van der Waals surface area (Å²) in [5.41, 5.74) is 3.11. The van der Waals surface area contributed by atoms with E-state index in [9.17, 15) is 10.4 Å². The van der Waals surface area contributed by atoms with Crippen LogP contribution in [0.1, 0.15) is 5.56 Å². The number of rotatable bonds is 8. The van der Waals surface area contributed by atoms with Gasteiger partial charge in [0.05, 0.1) is 22.2 Å². The molecule has 0 fully saturated rings. The van der Waals surface area contributed by atoms with Crippen molar-refractivity contribution in [3.63, 3.8) is 0 Å². The molecule has 1 atom stereocenters. The number of aliphatic hydroxyl groups is 1. The fourth-order valence-electron chi connectivity index (χ4n) is 3.08. The fraction of sp³-hybridized carbons (Fsp3) is 0.120. The number of nitrogens with zero attached hydrogens (tertiary/aromatic N) is 2. The highest BCUT2D eigenvalue weighted by Crippen LogP contribution is 2.35. The van der Waals surface area contributed by atoms with E-state index in [4.69, 9.17) is 21.3 Å². The van der Waals surface area contributed by atoms with E-state index >= 15 is 0 Å². The molecule has 4 rings (SSSR count). The number of thiophene rings is 1. The maximum atomic E-state index is 10.4. The van der Waals surface area contributed by atoms with Crippen LogP contribution >= 0.6 is 34.7 Å². The van der Waals surface area contributed by atoms with E-state index in [1.165, 1.54) is 11.8 Å². The first-order valence-corrected chi connectivity index (χ1v) is 12.1. The summed E-state index contributed by atoms with van der Waals surface area (Å²) in [6, 6.07) is 25.1. The van der Waals surface area contributed by atoms with Crippen LogP contribution in [0.2, 0.25) is 5.02 Å². The second-order valence-corrected chi connectivity index (χ2v) is 9.31. The van der Waals surface area contributed by atoms with Gasteiger partial charge in [0, 0.05) is 16.3 Å². The predicted molar refractivity (Wildman–Crippen MR) is 131 cm³/mol. The lowest BCUT2D eigenvalue weighted by molar-refractivity contribution is 0.126. The SMILES string of the molecule is N#Cc1c(-c2ccccc2)cc(-c2cccs2)nc1SCC(O)COc1ccc(Cl)cc1. The molecule has 2 aromatic carbocycles. The smallest absolute Gasteiger partial charge is 0.119 e. The minimum atomic E-state index is -0.727. The van der Waals surface area contributed by atoms with Crippen molar-refractivity contribution in [1.82, 2.24) is 4.98 Å². The van der Waals surface area contributed by atoms with Crippen LogP contribution in [-0.2, 0) is 0 Å². The number of aromatic nitrogens is 1. The van der Waals surface area contributed by atoms with Crippen LogP contribution in [0.5, 0.6) is 5.75 Å². The van der Waals surface area contributed by atoms with E-state index in [0.29, 0.717) is 27.1 Å². The third-order valence-electron chi connectivity index (χ3n) is 4.62. The van der Waals surface area contributed by atoms with E-state index in [2.05, 4.69) is 6.07 Å². The number of pyridine rings is 1. The van der Waals surface area contributed by atoms with Crippen LogP contribution in [0, 0.1) is 11.3 Å². The van der Waals surface area contributed by atoms with Gasteiger partial charge in [0.1, 0.15) is 23.5 Å². The molecule has 1 N–H and O–H groups in total. The molecule has 0 saturated heterocycles. The van der Waals surface area contributed by atoms with Crippen molar-refractivity contribution in [1.29, 1.82) is 5.26 Å². The lowest BCUT2D eigenvalue weighted by Gasteiger charge is -2.14. The molecule has 4 nitrogen and oxygen atoms in total. The molecule has 2 aromatic heterocycles. The molecule has 4 aromatic rings. The number of ether oxygens (including phenoxy) is 1. The van der Waals surface area contributed by atoms with Crippen molar-refractivity contribution in [2.24, 2.45) is 0 Å². The Labute approximate surface area is 200 Å². The summed E-state index contributed by atoms with van der Waals surface area (Å²) >= 11 is 8.84. The number of thioether (sulfide) groups is 1. The molecule has 0 bridgehead atoms. The van der Waals surface area contributed by atoms with E-state index in [1.54, 1.807) is 35.6 Å². The van der Waals surface area contributed by atoms with Gasteiger partial charge in [-0.3, -0.25) is 0 Å². The number of hydrogen-bond acceptors (Lipinski definition) is 6. The largest absolute Gasteiger partial charge is 0.491 e. The van der Waals surface area contributed by atoms with Gasteiger partial charge in [0.25, 0.3) is 0 Å². The van der Waals surface area contributed by atoms with Gasteiger partial charge in [-0.2, -0.15) is 5.26 Å². The first-order valence-electron chi connectivity index (χ1n) is 9.87. The van der Waals surface area contributed by atoms with Crippen LogP contribution in [-0.4, -0.2) is 28.6 Å².